The van der Waals surface area contributed by atoms with Crippen molar-refractivity contribution < 1.29 is 0 Å². The molecule has 0 radical (unpaired) electrons. The number of nitrogens with one attached hydrogen (secondary N) is 1. The Bertz CT molecular complexity index is 384. The lowest BCUT2D eigenvalue weighted by atomic mass is 10.2. The van der Waals surface area contributed by atoms with Crippen LogP contribution in [-0.4, -0.2) is 38.6 Å². The zero-order chi connectivity index (χ0) is 13.7. The summed E-state index contributed by atoms with van der Waals surface area (Å²) in [6.07, 6.45) is 2.18. The van der Waals surface area contributed by atoms with Crippen LogP contribution in [0.5, 0.6) is 0 Å². The molecule has 6 nitrogen and oxygen atoms in total. The first kappa shape index (κ1) is 14.6. The van der Waals surface area contributed by atoms with Crippen LogP contribution in [0.25, 0.3) is 0 Å². The molecule has 6 heteroatoms. The third-order valence-electron chi connectivity index (χ3n) is 2.89. The smallest absolute Gasteiger partial charge is 0.141 e. The monoisotopic (exact) mass is 252 g/mol. The molecule has 1 atom stereocenters. The van der Waals surface area contributed by atoms with Gasteiger partial charge in [0.15, 0.2) is 0 Å². The number of nitrogens with zero attached hydrogens (tertiary/aromatic N) is 4. The number of hydrogen-bond donors (Lipinski definition) is 2. The second kappa shape index (κ2) is 6.49. The highest BCUT2D eigenvalue weighted by Crippen LogP contribution is 2.08. The van der Waals surface area contributed by atoms with Gasteiger partial charge in [-0.15, -0.1) is 0 Å². The molecule has 0 fully saturated rings. The molecule has 0 amide bonds. The molecule has 0 aliphatic carbocycles. The molecule has 3 N–H and O–H groups in total. The molecule has 0 aromatic carbocycles. The van der Waals surface area contributed by atoms with Gasteiger partial charge in [0, 0.05) is 19.0 Å². The number of nitrogens with two attached hydrogens (primary N) is 1. The van der Waals surface area contributed by atoms with Crippen LogP contribution in [0.1, 0.15) is 33.0 Å². The van der Waals surface area contributed by atoms with Gasteiger partial charge in [0.2, 0.25) is 0 Å². The first-order valence-electron chi connectivity index (χ1n) is 6.30. The fourth-order valence-corrected chi connectivity index (χ4v) is 1.76. The Morgan fingerprint density at radius 3 is 2.72 bits per heavy atom. The van der Waals surface area contributed by atoms with E-state index in [1.807, 2.05) is 11.7 Å². The standard InChI is InChI=1S/C12H24N6/c1-9(2)6-18-12(15-8-16-18)7-17(4)10(3)5-11(13)14/h8-10H,5-7H2,1-4H3,(H3,13,14). The topological polar surface area (TPSA) is 83.8 Å². The molecule has 0 aliphatic heterocycles. The van der Waals surface area contributed by atoms with Crippen molar-refractivity contribution in [1.29, 1.82) is 5.41 Å². The van der Waals surface area contributed by atoms with Gasteiger partial charge >= 0.3 is 0 Å². The van der Waals surface area contributed by atoms with E-state index in [1.54, 1.807) is 6.33 Å². The van der Waals surface area contributed by atoms with E-state index in [-0.39, 0.29) is 11.9 Å². The molecule has 0 spiro atoms. The molecule has 0 saturated carbocycles. The van der Waals surface area contributed by atoms with Crippen LogP contribution in [0.4, 0.5) is 0 Å². The third-order valence-corrected chi connectivity index (χ3v) is 2.89. The van der Waals surface area contributed by atoms with Crippen molar-refractivity contribution in [2.75, 3.05) is 7.05 Å². The fraction of sp³-hybridized carbons (Fsp3) is 0.750. The van der Waals surface area contributed by atoms with Crippen LogP contribution in [0.3, 0.4) is 0 Å². The summed E-state index contributed by atoms with van der Waals surface area (Å²) in [7, 11) is 2.02. The highest BCUT2D eigenvalue weighted by Gasteiger charge is 2.14. The summed E-state index contributed by atoms with van der Waals surface area (Å²) in [5, 5.41) is 11.6. The van der Waals surface area contributed by atoms with E-state index in [1.165, 1.54) is 0 Å². The molecule has 18 heavy (non-hydrogen) atoms. The molecule has 0 aliphatic rings. The largest absolute Gasteiger partial charge is 0.388 e. The Morgan fingerprint density at radius 1 is 1.50 bits per heavy atom. The number of aromatic nitrogens is 3. The second-order valence-corrected chi connectivity index (χ2v) is 5.25. The van der Waals surface area contributed by atoms with Crippen LogP contribution >= 0.6 is 0 Å². The number of amidine groups is 1. The van der Waals surface area contributed by atoms with Gasteiger partial charge in [-0.1, -0.05) is 13.8 Å². The van der Waals surface area contributed by atoms with E-state index in [9.17, 15) is 0 Å². The average molecular weight is 252 g/mol. The first-order valence-corrected chi connectivity index (χ1v) is 6.30. The van der Waals surface area contributed by atoms with Crippen molar-refractivity contribution in [2.45, 2.75) is 46.3 Å². The summed E-state index contributed by atoms with van der Waals surface area (Å²) in [6.45, 7) is 7.98. The molecule has 1 aromatic heterocycles. The molecule has 0 saturated heterocycles. The van der Waals surface area contributed by atoms with Crippen molar-refractivity contribution in [3.8, 4) is 0 Å². The minimum absolute atomic E-state index is 0.220. The predicted molar refractivity (Wildman–Crippen MR) is 72.3 cm³/mol. The van der Waals surface area contributed by atoms with Crippen molar-refractivity contribution in [1.82, 2.24) is 19.7 Å². The maximum atomic E-state index is 7.32. The lowest BCUT2D eigenvalue weighted by molar-refractivity contribution is 0.241. The zero-order valence-electron chi connectivity index (χ0n) is 11.7. The predicted octanol–water partition coefficient (Wildman–Crippen LogP) is 1.08. The van der Waals surface area contributed by atoms with E-state index in [4.69, 9.17) is 11.1 Å². The van der Waals surface area contributed by atoms with Crippen molar-refractivity contribution in [3.05, 3.63) is 12.2 Å². The Morgan fingerprint density at radius 2 is 2.17 bits per heavy atom. The highest BCUT2D eigenvalue weighted by atomic mass is 15.3. The zero-order valence-corrected chi connectivity index (χ0v) is 11.7. The van der Waals surface area contributed by atoms with Gasteiger partial charge in [0.1, 0.15) is 12.2 Å². The van der Waals surface area contributed by atoms with Gasteiger partial charge in [-0.3, -0.25) is 10.3 Å². The van der Waals surface area contributed by atoms with Crippen LogP contribution in [0, 0.1) is 11.3 Å². The Balaban J connectivity index is 2.61. The van der Waals surface area contributed by atoms with Crippen molar-refractivity contribution in [2.24, 2.45) is 11.7 Å². The molecule has 1 rings (SSSR count). The van der Waals surface area contributed by atoms with Gasteiger partial charge in [-0.2, -0.15) is 5.10 Å². The molecular formula is C12H24N6. The van der Waals surface area contributed by atoms with E-state index >= 15 is 0 Å². The number of rotatable bonds is 7. The lowest BCUT2D eigenvalue weighted by Crippen LogP contribution is -2.33. The van der Waals surface area contributed by atoms with Crippen molar-refractivity contribution in [3.63, 3.8) is 0 Å². The fourth-order valence-electron chi connectivity index (χ4n) is 1.76. The van der Waals surface area contributed by atoms with Gasteiger partial charge in [0.25, 0.3) is 0 Å². The third kappa shape index (κ3) is 4.44. The van der Waals surface area contributed by atoms with Gasteiger partial charge in [-0.25, -0.2) is 9.67 Å². The summed E-state index contributed by atoms with van der Waals surface area (Å²) in [4.78, 5) is 6.44. The summed E-state index contributed by atoms with van der Waals surface area (Å²) >= 11 is 0. The summed E-state index contributed by atoms with van der Waals surface area (Å²) in [6, 6.07) is 0.228. The van der Waals surface area contributed by atoms with Crippen LogP contribution < -0.4 is 5.73 Å². The molecular weight excluding hydrogens is 228 g/mol. The first-order chi connectivity index (χ1) is 8.40. The quantitative estimate of drug-likeness (QED) is 0.562. The summed E-state index contributed by atoms with van der Waals surface area (Å²) < 4.78 is 1.95. The van der Waals surface area contributed by atoms with Gasteiger partial charge in [0.05, 0.1) is 12.4 Å². The van der Waals surface area contributed by atoms with Crippen LogP contribution in [0.2, 0.25) is 0 Å². The van der Waals surface area contributed by atoms with E-state index in [0.717, 1.165) is 18.9 Å². The maximum absolute atomic E-state index is 7.32. The average Bonchev–Trinajstić information content (AvgIpc) is 2.63. The van der Waals surface area contributed by atoms with Crippen LogP contribution in [0.15, 0.2) is 6.33 Å². The highest BCUT2D eigenvalue weighted by molar-refractivity contribution is 5.77. The summed E-state index contributed by atoms with van der Waals surface area (Å²) in [5.74, 6) is 1.73. The second-order valence-electron chi connectivity index (χ2n) is 5.25. The molecule has 0 bridgehead atoms. The Hall–Kier alpha value is -1.43. The number of hydrogen-bond acceptors (Lipinski definition) is 4. The van der Waals surface area contributed by atoms with Gasteiger partial charge < -0.3 is 5.73 Å². The van der Waals surface area contributed by atoms with Crippen molar-refractivity contribution >= 4 is 5.84 Å². The Labute approximate surface area is 109 Å². The van der Waals surface area contributed by atoms with Crippen LogP contribution in [-0.2, 0) is 13.1 Å². The lowest BCUT2D eigenvalue weighted by Gasteiger charge is -2.24. The van der Waals surface area contributed by atoms with E-state index in [0.29, 0.717) is 12.3 Å². The Kier molecular flexibility index (Phi) is 5.27. The van der Waals surface area contributed by atoms with Gasteiger partial charge in [-0.05, 0) is 19.9 Å². The SMILES string of the molecule is CC(C)Cn1ncnc1CN(C)C(C)CC(=N)N. The minimum atomic E-state index is 0.220. The molecule has 102 valence electrons. The molecule has 1 heterocycles. The molecule has 1 aromatic rings. The van der Waals surface area contributed by atoms with E-state index < -0.39 is 0 Å². The normalized spacial score (nSPS) is 13.2. The molecule has 1 unspecified atom stereocenters. The minimum Gasteiger partial charge on any atom is -0.388 e. The van der Waals surface area contributed by atoms with E-state index in [2.05, 4.69) is 35.8 Å². The maximum Gasteiger partial charge on any atom is 0.141 e. The summed E-state index contributed by atoms with van der Waals surface area (Å²) in [5.41, 5.74) is 5.42.